The zero-order chi connectivity index (χ0) is 16.1. The Labute approximate surface area is 134 Å². The maximum atomic E-state index is 12.0. The van der Waals surface area contributed by atoms with Crippen molar-refractivity contribution in [3.63, 3.8) is 0 Å². The number of aliphatic hydroxyl groups excluding tert-OH is 1. The van der Waals surface area contributed by atoms with Gasteiger partial charge in [0.1, 0.15) is 24.5 Å². The molecule has 22 heavy (non-hydrogen) atoms. The third-order valence-corrected chi connectivity index (χ3v) is 3.59. The molecule has 1 aromatic rings. The van der Waals surface area contributed by atoms with Gasteiger partial charge in [0.05, 0.1) is 6.54 Å². The van der Waals surface area contributed by atoms with Crippen LogP contribution < -0.4 is 10.1 Å². The van der Waals surface area contributed by atoms with Gasteiger partial charge < -0.3 is 15.2 Å². The fourth-order valence-corrected chi connectivity index (χ4v) is 2.35. The number of amides is 3. The van der Waals surface area contributed by atoms with Crippen molar-refractivity contribution in [2.45, 2.75) is 31.9 Å². The molecular formula is C15H19ClN2O4. The predicted octanol–water partition coefficient (Wildman–Crippen LogP) is 1.80. The minimum atomic E-state index is -0.953. The zero-order valence-corrected chi connectivity index (χ0v) is 13.0. The van der Waals surface area contributed by atoms with Gasteiger partial charge in [0.2, 0.25) is 0 Å². The first-order valence-corrected chi connectivity index (χ1v) is 7.57. The number of imide groups is 1. The van der Waals surface area contributed by atoms with Crippen LogP contribution in [0.1, 0.15) is 19.8 Å². The van der Waals surface area contributed by atoms with Crippen molar-refractivity contribution in [1.82, 2.24) is 10.2 Å². The lowest BCUT2D eigenvalue weighted by Crippen LogP contribution is -2.40. The summed E-state index contributed by atoms with van der Waals surface area (Å²) in [6, 6.07) is 5.77. The fourth-order valence-electron chi connectivity index (χ4n) is 2.22. The van der Waals surface area contributed by atoms with E-state index in [0.717, 1.165) is 11.3 Å². The standard InChI is InChI=1S/C15H19ClN2O4/c1-2-3-13-14(20)18(15(21)17-13)8-11(19)9-22-12-6-4-10(16)5-7-12/h4-7,11,13,19H,2-3,8-9H2,1H3,(H,17,21)/t11-,13+/m1/s1. The van der Waals surface area contributed by atoms with Crippen molar-refractivity contribution < 1.29 is 19.4 Å². The number of carbonyl (C=O) groups excluding carboxylic acids is 2. The number of rotatable bonds is 7. The monoisotopic (exact) mass is 326 g/mol. The van der Waals surface area contributed by atoms with Crippen LogP contribution >= 0.6 is 11.6 Å². The molecule has 120 valence electrons. The number of hydrogen-bond acceptors (Lipinski definition) is 4. The number of hydrogen-bond donors (Lipinski definition) is 2. The van der Waals surface area contributed by atoms with Gasteiger partial charge in [-0.2, -0.15) is 0 Å². The van der Waals surface area contributed by atoms with E-state index >= 15 is 0 Å². The van der Waals surface area contributed by atoms with Gasteiger partial charge in [-0.15, -0.1) is 0 Å². The summed E-state index contributed by atoms with van der Waals surface area (Å²) in [6.45, 7) is 1.84. The molecule has 2 N–H and O–H groups in total. The van der Waals surface area contributed by atoms with Crippen LogP contribution in [-0.4, -0.2) is 47.2 Å². The quantitative estimate of drug-likeness (QED) is 0.749. The summed E-state index contributed by atoms with van der Waals surface area (Å²) >= 11 is 5.77. The Morgan fingerprint density at radius 1 is 1.36 bits per heavy atom. The molecule has 0 radical (unpaired) electrons. The maximum Gasteiger partial charge on any atom is 0.324 e. The summed E-state index contributed by atoms with van der Waals surface area (Å²) in [5.74, 6) is 0.266. The van der Waals surface area contributed by atoms with Gasteiger partial charge in [-0.05, 0) is 30.7 Å². The van der Waals surface area contributed by atoms with Crippen LogP contribution in [0.3, 0.4) is 0 Å². The van der Waals surface area contributed by atoms with Crippen molar-refractivity contribution >= 4 is 23.5 Å². The van der Waals surface area contributed by atoms with E-state index in [2.05, 4.69) is 5.32 Å². The van der Waals surface area contributed by atoms with Gasteiger partial charge >= 0.3 is 6.03 Å². The van der Waals surface area contributed by atoms with Crippen molar-refractivity contribution in [3.05, 3.63) is 29.3 Å². The molecule has 1 aliphatic rings. The van der Waals surface area contributed by atoms with Crippen molar-refractivity contribution in [2.24, 2.45) is 0 Å². The molecule has 2 atom stereocenters. The second-order valence-corrected chi connectivity index (χ2v) is 5.59. The highest BCUT2D eigenvalue weighted by atomic mass is 35.5. The van der Waals surface area contributed by atoms with Gasteiger partial charge in [-0.25, -0.2) is 4.79 Å². The molecule has 0 aromatic heterocycles. The lowest BCUT2D eigenvalue weighted by atomic mass is 10.1. The summed E-state index contributed by atoms with van der Waals surface area (Å²) in [4.78, 5) is 24.8. The van der Waals surface area contributed by atoms with Crippen LogP contribution in [0.4, 0.5) is 4.79 Å². The first kappa shape index (κ1) is 16.6. The summed E-state index contributed by atoms with van der Waals surface area (Å²) in [6.07, 6.45) is 0.441. The molecular weight excluding hydrogens is 308 g/mol. The highest BCUT2D eigenvalue weighted by molar-refractivity contribution is 6.30. The Morgan fingerprint density at radius 3 is 2.68 bits per heavy atom. The van der Waals surface area contributed by atoms with Crippen LogP contribution in [0.25, 0.3) is 0 Å². The van der Waals surface area contributed by atoms with Gasteiger partial charge in [0.15, 0.2) is 0 Å². The highest BCUT2D eigenvalue weighted by Crippen LogP contribution is 2.16. The molecule has 1 heterocycles. The SMILES string of the molecule is CCC[C@@H]1NC(=O)N(C[C@@H](O)COc2ccc(Cl)cc2)C1=O. The summed E-state index contributed by atoms with van der Waals surface area (Å²) in [7, 11) is 0. The van der Waals surface area contributed by atoms with E-state index in [1.54, 1.807) is 24.3 Å². The average molecular weight is 327 g/mol. The molecule has 0 unspecified atom stereocenters. The Hall–Kier alpha value is -1.79. The second kappa shape index (κ2) is 7.47. The summed E-state index contributed by atoms with van der Waals surface area (Å²) in [5, 5.41) is 13.2. The first-order chi connectivity index (χ1) is 10.5. The van der Waals surface area contributed by atoms with E-state index in [1.807, 2.05) is 6.92 Å². The molecule has 1 saturated heterocycles. The molecule has 1 aromatic carbocycles. The summed E-state index contributed by atoms with van der Waals surface area (Å²) < 4.78 is 5.40. The van der Waals surface area contributed by atoms with Crippen molar-refractivity contribution in [2.75, 3.05) is 13.2 Å². The molecule has 0 spiro atoms. The third kappa shape index (κ3) is 4.11. The number of β-amino-alcohol motifs (C(OH)–C–C–N with tert-alkyl or cyclic N) is 1. The predicted molar refractivity (Wildman–Crippen MR) is 81.9 cm³/mol. The summed E-state index contributed by atoms with van der Waals surface area (Å²) in [5.41, 5.74) is 0. The molecule has 1 aliphatic heterocycles. The number of nitrogens with zero attached hydrogens (tertiary/aromatic N) is 1. The van der Waals surface area contributed by atoms with Crippen LogP contribution in [0.5, 0.6) is 5.75 Å². The van der Waals surface area contributed by atoms with Gasteiger partial charge in [-0.1, -0.05) is 24.9 Å². The maximum absolute atomic E-state index is 12.0. The number of benzene rings is 1. The van der Waals surface area contributed by atoms with E-state index in [1.165, 1.54) is 0 Å². The number of carbonyl (C=O) groups is 2. The number of aliphatic hydroxyl groups is 1. The molecule has 0 bridgehead atoms. The van der Waals surface area contributed by atoms with Crippen molar-refractivity contribution in [3.8, 4) is 5.75 Å². The van der Waals surface area contributed by atoms with Crippen LogP contribution in [0, 0.1) is 0 Å². The minimum Gasteiger partial charge on any atom is -0.491 e. The van der Waals surface area contributed by atoms with Crippen LogP contribution in [-0.2, 0) is 4.79 Å². The molecule has 0 saturated carbocycles. The Balaban J connectivity index is 1.83. The minimum absolute atomic E-state index is 0.0167. The Bertz CT molecular complexity index is 535. The topological polar surface area (TPSA) is 78.9 Å². The average Bonchev–Trinajstić information content (AvgIpc) is 2.75. The van der Waals surface area contributed by atoms with E-state index in [0.29, 0.717) is 17.2 Å². The van der Waals surface area contributed by atoms with Crippen molar-refractivity contribution in [1.29, 1.82) is 0 Å². The van der Waals surface area contributed by atoms with Gasteiger partial charge in [0.25, 0.3) is 5.91 Å². The molecule has 0 aliphatic carbocycles. The van der Waals surface area contributed by atoms with Gasteiger partial charge in [0, 0.05) is 5.02 Å². The zero-order valence-electron chi connectivity index (χ0n) is 12.3. The number of nitrogens with one attached hydrogen (secondary N) is 1. The highest BCUT2D eigenvalue weighted by Gasteiger charge is 2.38. The van der Waals surface area contributed by atoms with E-state index in [4.69, 9.17) is 16.3 Å². The third-order valence-electron chi connectivity index (χ3n) is 3.33. The molecule has 6 nitrogen and oxygen atoms in total. The molecule has 1 fully saturated rings. The van der Waals surface area contributed by atoms with E-state index < -0.39 is 18.2 Å². The molecule has 3 amide bonds. The largest absolute Gasteiger partial charge is 0.491 e. The first-order valence-electron chi connectivity index (χ1n) is 7.19. The van der Waals surface area contributed by atoms with Gasteiger partial charge in [-0.3, -0.25) is 9.69 Å². The lowest BCUT2D eigenvalue weighted by Gasteiger charge is -2.18. The van der Waals surface area contributed by atoms with Crippen LogP contribution in [0.2, 0.25) is 5.02 Å². The Kier molecular flexibility index (Phi) is 5.63. The van der Waals surface area contributed by atoms with Crippen LogP contribution in [0.15, 0.2) is 24.3 Å². The van der Waals surface area contributed by atoms with E-state index in [9.17, 15) is 14.7 Å². The Morgan fingerprint density at radius 2 is 2.05 bits per heavy atom. The molecule has 2 rings (SSSR count). The normalized spacial score (nSPS) is 19.2. The lowest BCUT2D eigenvalue weighted by molar-refractivity contribution is -0.128. The second-order valence-electron chi connectivity index (χ2n) is 5.16. The van der Waals surface area contributed by atoms with E-state index in [-0.39, 0.29) is 19.1 Å². The number of ether oxygens (including phenoxy) is 1. The number of halogens is 1. The smallest absolute Gasteiger partial charge is 0.324 e. The molecule has 7 heteroatoms. The fraction of sp³-hybridized carbons (Fsp3) is 0.467. The number of urea groups is 1.